The van der Waals surface area contributed by atoms with Crippen LogP contribution in [0.3, 0.4) is 0 Å². The normalized spacial score (nSPS) is 17.5. The van der Waals surface area contributed by atoms with Crippen molar-refractivity contribution in [1.82, 2.24) is 4.90 Å². The van der Waals surface area contributed by atoms with E-state index in [2.05, 4.69) is 4.99 Å². The molecule has 0 fully saturated rings. The molecular formula is C26H23FN4O5S. The molecule has 4 rings (SSSR count). The van der Waals surface area contributed by atoms with Crippen LogP contribution < -0.4 is 5.73 Å². The van der Waals surface area contributed by atoms with Crippen LogP contribution in [-0.2, 0) is 31.8 Å². The zero-order chi connectivity index (χ0) is 26.8. The van der Waals surface area contributed by atoms with Gasteiger partial charge < -0.3 is 10.5 Å². The van der Waals surface area contributed by atoms with Crippen LogP contribution in [0.1, 0.15) is 22.3 Å². The Morgan fingerprint density at radius 2 is 1.81 bits per heavy atom. The Morgan fingerprint density at radius 1 is 1.11 bits per heavy atom. The molecular weight excluding hydrogens is 499 g/mol. The Morgan fingerprint density at radius 3 is 2.43 bits per heavy atom. The van der Waals surface area contributed by atoms with Crippen molar-refractivity contribution in [2.24, 2.45) is 10.7 Å². The number of aliphatic imine (C=N–C) groups is 1. The van der Waals surface area contributed by atoms with E-state index in [4.69, 9.17) is 15.0 Å². The number of nitriles is 1. The number of nitrogens with zero attached hydrogens (tertiary/aromatic N) is 3. The summed E-state index contributed by atoms with van der Waals surface area (Å²) in [7, 11) is -2.58. The summed E-state index contributed by atoms with van der Waals surface area (Å²) in [5, 5.41) is 9.21. The highest BCUT2D eigenvalue weighted by molar-refractivity contribution is 7.85. The van der Waals surface area contributed by atoms with Crippen LogP contribution in [0, 0.1) is 17.1 Å². The summed E-state index contributed by atoms with van der Waals surface area (Å²) >= 11 is 0. The third-order valence-electron chi connectivity index (χ3n) is 6.07. The monoisotopic (exact) mass is 522 g/mol. The standard InChI is InChI=1S/C26H23FN4O5S/c1-31-24(32)26(30-25(31)29,21-8-5-17(6-9-21)16-36-11-12-37(33,34)35)22-4-2-3-18(14-22)19-7-10-23(27)20(13-19)15-28/h2-10,13-14H,11-12,16H2,1H3,(H2,29,30)(H,33,34,35). The lowest BCUT2D eigenvalue weighted by atomic mass is 9.81. The first-order chi connectivity index (χ1) is 17.5. The average Bonchev–Trinajstić information content (AvgIpc) is 3.11. The molecule has 1 amide bonds. The summed E-state index contributed by atoms with van der Waals surface area (Å²) in [6, 6.07) is 20.0. The van der Waals surface area contributed by atoms with Crippen LogP contribution >= 0.6 is 0 Å². The van der Waals surface area contributed by atoms with Crippen LogP contribution in [0.5, 0.6) is 0 Å². The Hall–Kier alpha value is -4.11. The van der Waals surface area contributed by atoms with E-state index in [1.54, 1.807) is 54.6 Å². The number of halogens is 1. The molecule has 0 bridgehead atoms. The van der Waals surface area contributed by atoms with Gasteiger partial charge >= 0.3 is 0 Å². The van der Waals surface area contributed by atoms with Gasteiger partial charge in [-0.3, -0.25) is 14.2 Å². The van der Waals surface area contributed by atoms with Gasteiger partial charge in [0.2, 0.25) is 0 Å². The zero-order valence-corrected chi connectivity index (χ0v) is 20.6. The van der Waals surface area contributed by atoms with Crippen LogP contribution in [0.15, 0.2) is 71.7 Å². The molecule has 190 valence electrons. The first-order valence-corrected chi connectivity index (χ1v) is 12.7. The molecule has 0 spiro atoms. The number of guanidine groups is 1. The van der Waals surface area contributed by atoms with Gasteiger partial charge in [-0.2, -0.15) is 13.7 Å². The van der Waals surface area contributed by atoms with Gasteiger partial charge in [0.1, 0.15) is 11.9 Å². The second-order valence-electron chi connectivity index (χ2n) is 8.47. The van der Waals surface area contributed by atoms with Gasteiger partial charge in [-0.15, -0.1) is 0 Å². The second-order valence-corrected chi connectivity index (χ2v) is 10.0. The fraction of sp³-hybridized carbons (Fsp3) is 0.192. The van der Waals surface area contributed by atoms with Gasteiger partial charge in [-0.1, -0.05) is 48.5 Å². The minimum atomic E-state index is -4.11. The number of benzene rings is 3. The van der Waals surface area contributed by atoms with E-state index in [0.717, 1.165) is 0 Å². The number of hydrogen-bond donors (Lipinski definition) is 2. The maximum Gasteiger partial charge on any atom is 0.267 e. The molecule has 0 aromatic heterocycles. The topological polar surface area (TPSA) is 146 Å². The van der Waals surface area contributed by atoms with E-state index in [-0.39, 0.29) is 30.6 Å². The molecule has 0 aliphatic carbocycles. The molecule has 1 heterocycles. The number of rotatable bonds is 8. The van der Waals surface area contributed by atoms with Gasteiger partial charge in [0.25, 0.3) is 16.0 Å². The number of hydrogen-bond acceptors (Lipinski definition) is 7. The van der Waals surface area contributed by atoms with Crippen LogP contribution in [0.2, 0.25) is 0 Å². The van der Waals surface area contributed by atoms with E-state index in [1.165, 1.54) is 24.1 Å². The third kappa shape index (κ3) is 5.22. The lowest BCUT2D eigenvalue weighted by Gasteiger charge is -2.27. The Balaban J connectivity index is 1.71. The van der Waals surface area contributed by atoms with E-state index >= 15 is 0 Å². The zero-order valence-electron chi connectivity index (χ0n) is 19.8. The van der Waals surface area contributed by atoms with Crippen molar-refractivity contribution in [3.63, 3.8) is 0 Å². The van der Waals surface area contributed by atoms with Crippen molar-refractivity contribution in [3.8, 4) is 17.2 Å². The SMILES string of the molecule is CN1C(=O)C(c2ccc(COCCS(=O)(=O)O)cc2)(c2cccc(-c3ccc(F)c(C#N)c3)c2)N=C1N. The van der Waals surface area contributed by atoms with Crippen LogP contribution in [0.4, 0.5) is 4.39 Å². The molecule has 0 radical (unpaired) electrons. The molecule has 1 aliphatic heterocycles. The maximum absolute atomic E-state index is 13.9. The molecule has 0 saturated heterocycles. The predicted molar refractivity (Wildman–Crippen MR) is 134 cm³/mol. The lowest BCUT2D eigenvalue weighted by Crippen LogP contribution is -2.41. The first kappa shape index (κ1) is 26.0. The van der Waals surface area contributed by atoms with E-state index in [1.807, 2.05) is 6.07 Å². The Labute approximate surface area is 213 Å². The lowest BCUT2D eigenvalue weighted by molar-refractivity contribution is -0.129. The number of nitrogens with two attached hydrogens (primary N) is 1. The summed E-state index contributed by atoms with van der Waals surface area (Å²) in [5.41, 5.74) is 7.54. The van der Waals surface area contributed by atoms with Gasteiger partial charge in [-0.25, -0.2) is 9.38 Å². The van der Waals surface area contributed by atoms with Crippen molar-refractivity contribution in [3.05, 3.63) is 94.8 Å². The fourth-order valence-corrected chi connectivity index (χ4v) is 4.42. The highest BCUT2D eigenvalue weighted by atomic mass is 32.2. The molecule has 3 N–H and O–H groups in total. The predicted octanol–water partition coefficient (Wildman–Crippen LogP) is 2.80. The minimum Gasteiger partial charge on any atom is -0.376 e. The second kappa shape index (κ2) is 10.1. The molecule has 1 unspecified atom stereocenters. The highest BCUT2D eigenvalue weighted by Gasteiger charge is 2.49. The molecule has 37 heavy (non-hydrogen) atoms. The van der Waals surface area contributed by atoms with Gasteiger partial charge in [0.15, 0.2) is 11.5 Å². The number of amides is 1. The molecule has 1 aliphatic rings. The van der Waals surface area contributed by atoms with E-state index < -0.39 is 27.2 Å². The van der Waals surface area contributed by atoms with Gasteiger partial charge in [0, 0.05) is 7.05 Å². The molecule has 1 atom stereocenters. The minimum absolute atomic E-state index is 0.0431. The molecule has 9 nitrogen and oxygen atoms in total. The third-order valence-corrected chi connectivity index (χ3v) is 6.75. The van der Waals surface area contributed by atoms with Crippen molar-refractivity contribution in [1.29, 1.82) is 5.26 Å². The number of likely N-dealkylation sites (N-methyl/N-ethyl adjacent to an activating group) is 1. The quantitative estimate of drug-likeness (QED) is 0.342. The summed E-state index contributed by atoms with van der Waals surface area (Å²) < 4.78 is 49.7. The van der Waals surface area contributed by atoms with Crippen molar-refractivity contribution >= 4 is 22.0 Å². The van der Waals surface area contributed by atoms with E-state index in [0.29, 0.717) is 27.8 Å². The molecule has 3 aromatic carbocycles. The van der Waals surface area contributed by atoms with Crippen molar-refractivity contribution < 1.29 is 26.9 Å². The van der Waals surface area contributed by atoms with Crippen LogP contribution in [0.25, 0.3) is 11.1 Å². The Kier molecular flexibility index (Phi) is 7.09. The molecule has 3 aromatic rings. The summed E-state index contributed by atoms with van der Waals surface area (Å²) in [4.78, 5) is 19.4. The highest BCUT2D eigenvalue weighted by Crippen LogP contribution is 2.40. The Bertz CT molecular complexity index is 1530. The molecule has 0 saturated carbocycles. The average molecular weight is 523 g/mol. The van der Waals surface area contributed by atoms with Crippen LogP contribution in [-0.4, -0.2) is 49.1 Å². The maximum atomic E-state index is 13.9. The number of carbonyl (C=O) groups excluding carboxylic acids is 1. The van der Waals surface area contributed by atoms with Gasteiger partial charge in [-0.05, 0) is 46.0 Å². The molecule has 11 heteroatoms. The van der Waals surface area contributed by atoms with E-state index in [9.17, 15) is 22.9 Å². The van der Waals surface area contributed by atoms with Crippen molar-refractivity contribution in [2.45, 2.75) is 12.1 Å². The first-order valence-electron chi connectivity index (χ1n) is 11.1. The van der Waals surface area contributed by atoms with Gasteiger partial charge in [0.05, 0.1) is 24.5 Å². The summed E-state index contributed by atoms with van der Waals surface area (Å²) in [6.07, 6.45) is 0. The number of ether oxygens (including phenoxy) is 1. The smallest absolute Gasteiger partial charge is 0.267 e. The fourth-order valence-electron chi connectivity index (χ4n) is 4.09. The largest absolute Gasteiger partial charge is 0.376 e. The summed E-state index contributed by atoms with van der Waals surface area (Å²) in [6.45, 7) is -0.0678. The number of carbonyl (C=O) groups is 1. The summed E-state index contributed by atoms with van der Waals surface area (Å²) in [5.74, 6) is -1.45. The van der Waals surface area contributed by atoms with Crippen molar-refractivity contribution in [2.75, 3.05) is 19.4 Å².